The van der Waals surface area contributed by atoms with Crippen molar-refractivity contribution in [3.8, 4) is 5.75 Å². The summed E-state index contributed by atoms with van der Waals surface area (Å²) in [6, 6.07) is 17.3. The number of ether oxygens (including phenoxy) is 1. The summed E-state index contributed by atoms with van der Waals surface area (Å²) >= 11 is 0. The molecule has 0 aromatic heterocycles. The van der Waals surface area contributed by atoms with E-state index in [-0.39, 0.29) is 0 Å². The molecular formula is C18H23NO. The molecule has 2 aromatic rings. The first-order chi connectivity index (χ1) is 9.69. The third-order valence-corrected chi connectivity index (χ3v) is 3.49. The number of para-hydroxylation sites is 1. The number of hydrogen-bond acceptors (Lipinski definition) is 2. The van der Waals surface area contributed by atoms with E-state index < -0.39 is 0 Å². The Hall–Kier alpha value is -1.80. The Bertz CT molecular complexity index is 533. The fourth-order valence-corrected chi connectivity index (χ4v) is 2.27. The molecule has 106 valence electrons. The van der Waals surface area contributed by atoms with Crippen LogP contribution in [0, 0.1) is 6.92 Å². The first-order valence-electron chi connectivity index (χ1n) is 7.10. The molecule has 0 aliphatic heterocycles. The zero-order chi connectivity index (χ0) is 14.4. The van der Waals surface area contributed by atoms with Gasteiger partial charge in [0.05, 0.1) is 7.11 Å². The van der Waals surface area contributed by atoms with E-state index in [0.717, 1.165) is 18.7 Å². The maximum Gasteiger partial charge on any atom is 0.122 e. The van der Waals surface area contributed by atoms with Crippen LogP contribution in [0.25, 0.3) is 0 Å². The molecular weight excluding hydrogens is 246 g/mol. The van der Waals surface area contributed by atoms with Gasteiger partial charge in [0.25, 0.3) is 0 Å². The zero-order valence-corrected chi connectivity index (χ0v) is 12.5. The van der Waals surface area contributed by atoms with Crippen LogP contribution in [0.5, 0.6) is 5.75 Å². The lowest BCUT2D eigenvalue weighted by Gasteiger charge is -2.16. The molecule has 0 aliphatic rings. The number of benzene rings is 2. The van der Waals surface area contributed by atoms with Crippen LogP contribution < -0.4 is 10.1 Å². The summed E-state index contributed by atoms with van der Waals surface area (Å²) in [7, 11) is 1.73. The maximum absolute atomic E-state index is 5.39. The van der Waals surface area contributed by atoms with Crippen LogP contribution in [0.2, 0.25) is 0 Å². The smallest absolute Gasteiger partial charge is 0.122 e. The molecule has 1 unspecified atom stereocenters. The predicted molar refractivity (Wildman–Crippen MR) is 84.2 cm³/mol. The first-order valence-corrected chi connectivity index (χ1v) is 7.10. The van der Waals surface area contributed by atoms with E-state index in [1.807, 2.05) is 12.1 Å². The molecule has 2 aromatic carbocycles. The second-order valence-electron chi connectivity index (χ2n) is 5.28. The third-order valence-electron chi connectivity index (χ3n) is 3.49. The monoisotopic (exact) mass is 269 g/mol. The van der Waals surface area contributed by atoms with Gasteiger partial charge in [0.2, 0.25) is 0 Å². The summed E-state index contributed by atoms with van der Waals surface area (Å²) in [4.78, 5) is 0. The van der Waals surface area contributed by atoms with Crippen molar-refractivity contribution in [1.29, 1.82) is 0 Å². The third kappa shape index (κ3) is 4.10. The number of rotatable bonds is 6. The topological polar surface area (TPSA) is 21.3 Å². The van der Waals surface area contributed by atoms with E-state index >= 15 is 0 Å². The molecule has 2 rings (SSSR count). The van der Waals surface area contributed by atoms with Gasteiger partial charge in [0.1, 0.15) is 5.75 Å². The van der Waals surface area contributed by atoms with E-state index in [0.29, 0.717) is 6.04 Å². The lowest BCUT2D eigenvalue weighted by atomic mass is 10.1. The minimum atomic E-state index is 0.410. The summed E-state index contributed by atoms with van der Waals surface area (Å²) in [6.07, 6.45) is 0.968. The first kappa shape index (κ1) is 14.6. The largest absolute Gasteiger partial charge is 0.496 e. The summed E-state index contributed by atoms with van der Waals surface area (Å²) in [6.45, 7) is 5.22. The molecule has 1 N–H and O–H groups in total. The quantitative estimate of drug-likeness (QED) is 0.863. The zero-order valence-electron chi connectivity index (χ0n) is 12.5. The molecule has 0 amide bonds. The molecule has 0 fully saturated rings. The molecule has 0 bridgehead atoms. The molecule has 2 heteroatoms. The summed E-state index contributed by atoms with van der Waals surface area (Å²) in [5.74, 6) is 0.969. The van der Waals surface area contributed by atoms with Crippen molar-refractivity contribution in [2.24, 2.45) is 0 Å². The van der Waals surface area contributed by atoms with Gasteiger partial charge in [-0.05, 0) is 37.5 Å². The van der Waals surface area contributed by atoms with Gasteiger partial charge >= 0.3 is 0 Å². The maximum atomic E-state index is 5.39. The van der Waals surface area contributed by atoms with E-state index in [2.05, 4.69) is 55.6 Å². The van der Waals surface area contributed by atoms with Crippen molar-refractivity contribution in [2.75, 3.05) is 7.11 Å². The number of methoxy groups -OCH3 is 1. The number of hydrogen-bond donors (Lipinski definition) is 1. The highest BCUT2D eigenvalue weighted by Crippen LogP contribution is 2.18. The second-order valence-corrected chi connectivity index (χ2v) is 5.28. The van der Waals surface area contributed by atoms with Crippen LogP contribution in [0.1, 0.15) is 23.6 Å². The minimum Gasteiger partial charge on any atom is -0.496 e. The average molecular weight is 269 g/mol. The van der Waals surface area contributed by atoms with Gasteiger partial charge in [-0.2, -0.15) is 0 Å². The molecule has 0 heterocycles. The van der Waals surface area contributed by atoms with Crippen molar-refractivity contribution in [3.63, 3.8) is 0 Å². The molecule has 0 spiro atoms. The van der Waals surface area contributed by atoms with Gasteiger partial charge in [-0.25, -0.2) is 0 Å². The predicted octanol–water partition coefficient (Wildman–Crippen LogP) is 3.72. The Morgan fingerprint density at radius 2 is 1.75 bits per heavy atom. The summed E-state index contributed by atoms with van der Waals surface area (Å²) in [5, 5.41) is 3.56. The van der Waals surface area contributed by atoms with Crippen molar-refractivity contribution < 1.29 is 4.74 Å². The fraction of sp³-hybridized carbons (Fsp3) is 0.333. The minimum absolute atomic E-state index is 0.410. The van der Waals surface area contributed by atoms with Gasteiger partial charge in [-0.1, -0.05) is 48.0 Å². The summed E-state index contributed by atoms with van der Waals surface area (Å²) < 4.78 is 5.39. The van der Waals surface area contributed by atoms with Gasteiger partial charge < -0.3 is 10.1 Å². The molecule has 0 radical (unpaired) electrons. The van der Waals surface area contributed by atoms with Crippen LogP contribution in [-0.4, -0.2) is 13.2 Å². The van der Waals surface area contributed by atoms with Crippen LogP contribution in [0.15, 0.2) is 48.5 Å². The second kappa shape index (κ2) is 7.11. The van der Waals surface area contributed by atoms with Crippen LogP contribution in [-0.2, 0) is 13.0 Å². The normalized spacial score (nSPS) is 12.2. The molecule has 20 heavy (non-hydrogen) atoms. The van der Waals surface area contributed by atoms with E-state index in [4.69, 9.17) is 4.74 Å². The Morgan fingerprint density at radius 3 is 2.45 bits per heavy atom. The number of aryl methyl sites for hydroxylation is 1. The Kier molecular flexibility index (Phi) is 5.19. The Morgan fingerprint density at radius 1 is 1.05 bits per heavy atom. The van der Waals surface area contributed by atoms with Crippen LogP contribution in [0.3, 0.4) is 0 Å². The Labute approximate surface area is 121 Å². The average Bonchev–Trinajstić information content (AvgIpc) is 2.47. The van der Waals surface area contributed by atoms with E-state index in [1.54, 1.807) is 7.11 Å². The van der Waals surface area contributed by atoms with Gasteiger partial charge in [-0.3, -0.25) is 0 Å². The highest BCUT2D eigenvalue weighted by atomic mass is 16.5. The van der Waals surface area contributed by atoms with E-state index in [1.165, 1.54) is 16.7 Å². The highest BCUT2D eigenvalue weighted by Gasteiger charge is 2.07. The molecule has 0 saturated carbocycles. The standard InChI is InChI=1S/C18H23NO/c1-14-8-10-16(11-9-14)13-19-15(2)12-17-6-4-5-7-18(17)20-3/h4-11,15,19H,12-13H2,1-3H3. The highest BCUT2D eigenvalue weighted by molar-refractivity contribution is 5.33. The van der Waals surface area contributed by atoms with Crippen LogP contribution >= 0.6 is 0 Å². The van der Waals surface area contributed by atoms with Crippen LogP contribution in [0.4, 0.5) is 0 Å². The SMILES string of the molecule is COc1ccccc1CC(C)NCc1ccc(C)cc1. The van der Waals surface area contributed by atoms with Gasteiger partial charge in [0.15, 0.2) is 0 Å². The van der Waals surface area contributed by atoms with Crippen molar-refractivity contribution in [2.45, 2.75) is 32.9 Å². The fourth-order valence-electron chi connectivity index (χ4n) is 2.27. The van der Waals surface area contributed by atoms with Gasteiger partial charge in [-0.15, -0.1) is 0 Å². The van der Waals surface area contributed by atoms with Gasteiger partial charge in [0, 0.05) is 12.6 Å². The lowest BCUT2D eigenvalue weighted by Crippen LogP contribution is -2.27. The van der Waals surface area contributed by atoms with Crippen molar-refractivity contribution >= 4 is 0 Å². The molecule has 0 saturated heterocycles. The Balaban J connectivity index is 1.89. The molecule has 2 nitrogen and oxygen atoms in total. The number of nitrogens with one attached hydrogen (secondary N) is 1. The van der Waals surface area contributed by atoms with E-state index in [9.17, 15) is 0 Å². The van der Waals surface area contributed by atoms with Crippen molar-refractivity contribution in [3.05, 3.63) is 65.2 Å². The lowest BCUT2D eigenvalue weighted by molar-refractivity contribution is 0.406. The molecule has 1 atom stereocenters. The van der Waals surface area contributed by atoms with Crippen molar-refractivity contribution in [1.82, 2.24) is 5.32 Å². The summed E-state index contributed by atoms with van der Waals surface area (Å²) in [5.41, 5.74) is 3.87. The molecule has 0 aliphatic carbocycles.